The third kappa shape index (κ3) is 8.70. The summed E-state index contributed by atoms with van der Waals surface area (Å²) in [6.07, 6.45) is 5.08. The van der Waals surface area contributed by atoms with Crippen LogP contribution in [-0.2, 0) is 9.59 Å². The van der Waals surface area contributed by atoms with Crippen molar-refractivity contribution in [3.63, 3.8) is 0 Å². The van der Waals surface area contributed by atoms with Crippen LogP contribution in [0.2, 0.25) is 0 Å². The molecule has 27 heavy (non-hydrogen) atoms. The van der Waals surface area contributed by atoms with Gasteiger partial charge in [0.05, 0.1) is 11.4 Å². The molecular formula is C20H32N4O3. The standard InChI is InChI=1S/C20H32N4O3/c1-4-7-8-19(25)22-18-15-16(10-12-20(26)23-27)9-11-17(18)21-13-14-24(5-2)6-3/h9-12,15,21,27H,4-8,13-14H2,1-3H3,(H,22,25)(H,23,26)/b12-10+. The second-order valence-electron chi connectivity index (χ2n) is 6.22. The van der Waals surface area contributed by atoms with E-state index in [9.17, 15) is 9.59 Å². The second-order valence-corrected chi connectivity index (χ2v) is 6.22. The van der Waals surface area contributed by atoms with E-state index in [1.54, 1.807) is 11.6 Å². The van der Waals surface area contributed by atoms with Crippen LogP contribution in [0.3, 0.4) is 0 Å². The first-order chi connectivity index (χ1) is 13.0. The predicted octanol–water partition coefficient (Wildman–Crippen LogP) is 3.09. The summed E-state index contributed by atoms with van der Waals surface area (Å²) in [5.41, 5.74) is 3.83. The molecule has 0 aliphatic heterocycles. The van der Waals surface area contributed by atoms with E-state index in [1.165, 1.54) is 6.08 Å². The molecule has 2 amide bonds. The number of amides is 2. The Morgan fingerprint density at radius 1 is 1.15 bits per heavy atom. The lowest BCUT2D eigenvalue weighted by Gasteiger charge is -2.20. The quantitative estimate of drug-likeness (QED) is 0.256. The fourth-order valence-electron chi connectivity index (χ4n) is 2.57. The molecule has 4 N–H and O–H groups in total. The first-order valence-electron chi connectivity index (χ1n) is 9.56. The van der Waals surface area contributed by atoms with Gasteiger partial charge in [-0.15, -0.1) is 0 Å². The molecule has 0 unspecified atom stereocenters. The van der Waals surface area contributed by atoms with Gasteiger partial charge in [-0.2, -0.15) is 0 Å². The van der Waals surface area contributed by atoms with Crippen molar-refractivity contribution < 1.29 is 14.8 Å². The number of hydrogen-bond donors (Lipinski definition) is 4. The van der Waals surface area contributed by atoms with E-state index in [4.69, 9.17) is 5.21 Å². The van der Waals surface area contributed by atoms with Crippen molar-refractivity contribution in [2.24, 2.45) is 0 Å². The van der Waals surface area contributed by atoms with Gasteiger partial charge >= 0.3 is 0 Å². The van der Waals surface area contributed by atoms with E-state index >= 15 is 0 Å². The van der Waals surface area contributed by atoms with Gasteiger partial charge in [0.2, 0.25) is 5.91 Å². The number of nitrogens with one attached hydrogen (secondary N) is 3. The Bertz CT molecular complexity index is 628. The van der Waals surface area contributed by atoms with E-state index in [1.807, 2.05) is 25.1 Å². The molecule has 0 fully saturated rings. The molecule has 1 aromatic carbocycles. The highest BCUT2D eigenvalue weighted by Crippen LogP contribution is 2.24. The number of hydrogen-bond acceptors (Lipinski definition) is 5. The predicted molar refractivity (Wildman–Crippen MR) is 110 cm³/mol. The van der Waals surface area contributed by atoms with Crippen LogP contribution in [0.4, 0.5) is 11.4 Å². The molecule has 0 aliphatic rings. The maximum Gasteiger partial charge on any atom is 0.267 e. The zero-order valence-corrected chi connectivity index (χ0v) is 16.5. The van der Waals surface area contributed by atoms with Crippen LogP contribution in [0.5, 0.6) is 0 Å². The summed E-state index contributed by atoms with van der Waals surface area (Å²) in [5, 5.41) is 14.9. The van der Waals surface area contributed by atoms with Crippen molar-refractivity contribution in [1.82, 2.24) is 10.4 Å². The minimum atomic E-state index is -0.607. The maximum atomic E-state index is 12.2. The molecule has 1 aromatic rings. The highest BCUT2D eigenvalue weighted by atomic mass is 16.5. The molecule has 0 heterocycles. The molecule has 0 radical (unpaired) electrons. The van der Waals surface area contributed by atoms with Crippen LogP contribution in [0.1, 0.15) is 45.6 Å². The van der Waals surface area contributed by atoms with E-state index < -0.39 is 5.91 Å². The summed E-state index contributed by atoms with van der Waals surface area (Å²) in [7, 11) is 0. The lowest BCUT2D eigenvalue weighted by Crippen LogP contribution is -2.28. The van der Waals surface area contributed by atoms with E-state index in [2.05, 4.69) is 29.4 Å². The highest BCUT2D eigenvalue weighted by Gasteiger charge is 2.08. The molecule has 0 bridgehead atoms. The molecule has 0 saturated carbocycles. The zero-order valence-electron chi connectivity index (χ0n) is 16.5. The minimum Gasteiger partial charge on any atom is -0.382 e. The molecule has 7 nitrogen and oxygen atoms in total. The van der Waals surface area contributed by atoms with E-state index in [0.717, 1.165) is 50.3 Å². The number of anilines is 2. The monoisotopic (exact) mass is 376 g/mol. The van der Waals surface area contributed by atoms with Crippen LogP contribution in [-0.4, -0.2) is 48.1 Å². The van der Waals surface area contributed by atoms with Crippen LogP contribution in [0.15, 0.2) is 24.3 Å². The lowest BCUT2D eigenvalue weighted by molar-refractivity contribution is -0.124. The van der Waals surface area contributed by atoms with Gasteiger partial charge in [0.15, 0.2) is 0 Å². The van der Waals surface area contributed by atoms with Gasteiger partial charge in [0.1, 0.15) is 0 Å². The average molecular weight is 377 g/mol. The number of nitrogens with zero attached hydrogens (tertiary/aromatic N) is 1. The molecular weight excluding hydrogens is 344 g/mol. The van der Waals surface area contributed by atoms with Crippen molar-refractivity contribution in [2.45, 2.75) is 40.0 Å². The normalized spacial score (nSPS) is 11.0. The fourth-order valence-corrected chi connectivity index (χ4v) is 2.57. The molecule has 1 rings (SSSR count). The Balaban J connectivity index is 2.89. The maximum absolute atomic E-state index is 12.2. The summed E-state index contributed by atoms with van der Waals surface area (Å²) in [6.45, 7) is 9.98. The number of rotatable bonds is 12. The lowest BCUT2D eigenvalue weighted by atomic mass is 10.1. The largest absolute Gasteiger partial charge is 0.382 e. The van der Waals surface area contributed by atoms with Gasteiger partial charge < -0.3 is 15.5 Å². The van der Waals surface area contributed by atoms with Crippen molar-refractivity contribution in [1.29, 1.82) is 0 Å². The number of carbonyl (C=O) groups is 2. The second kappa shape index (κ2) is 12.9. The fraction of sp³-hybridized carbons (Fsp3) is 0.500. The number of unbranched alkanes of at least 4 members (excludes halogenated alkanes) is 1. The molecule has 0 aromatic heterocycles. The van der Waals surface area contributed by atoms with Crippen molar-refractivity contribution in [2.75, 3.05) is 36.8 Å². The number of benzene rings is 1. The Kier molecular flexibility index (Phi) is 10.8. The third-order valence-electron chi connectivity index (χ3n) is 4.25. The zero-order chi connectivity index (χ0) is 20.1. The van der Waals surface area contributed by atoms with E-state index in [-0.39, 0.29) is 5.91 Å². The van der Waals surface area contributed by atoms with Gasteiger partial charge in [-0.05, 0) is 43.3 Å². The summed E-state index contributed by atoms with van der Waals surface area (Å²) >= 11 is 0. The van der Waals surface area contributed by atoms with E-state index in [0.29, 0.717) is 12.1 Å². The van der Waals surface area contributed by atoms with Gasteiger partial charge in [0.25, 0.3) is 5.91 Å². The smallest absolute Gasteiger partial charge is 0.267 e. The Hall–Kier alpha value is -2.38. The Morgan fingerprint density at radius 2 is 1.89 bits per heavy atom. The van der Waals surface area contributed by atoms with Crippen LogP contribution < -0.4 is 16.1 Å². The van der Waals surface area contributed by atoms with Gasteiger partial charge in [-0.1, -0.05) is 33.3 Å². The molecule has 0 spiro atoms. The number of hydroxylamine groups is 1. The Morgan fingerprint density at radius 3 is 2.52 bits per heavy atom. The molecule has 7 heteroatoms. The van der Waals surface area contributed by atoms with Crippen molar-refractivity contribution in [3.05, 3.63) is 29.8 Å². The van der Waals surface area contributed by atoms with Crippen LogP contribution in [0.25, 0.3) is 6.08 Å². The summed E-state index contributed by atoms with van der Waals surface area (Å²) in [6, 6.07) is 5.54. The summed E-state index contributed by atoms with van der Waals surface area (Å²) in [4.78, 5) is 25.6. The topological polar surface area (TPSA) is 93.7 Å². The van der Waals surface area contributed by atoms with Crippen molar-refractivity contribution in [3.8, 4) is 0 Å². The van der Waals surface area contributed by atoms with Gasteiger partial charge in [0, 0.05) is 25.6 Å². The molecule has 0 aliphatic carbocycles. The van der Waals surface area contributed by atoms with Crippen LogP contribution in [0, 0.1) is 0 Å². The SMILES string of the molecule is CCCCC(=O)Nc1cc(/C=C/C(=O)NO)ccc1NCCN(CC)CC. The first-order valence-corrected chi connectivity index (χ1v) is 9.56. The minimum absolute atomic E-state index is 0.0297. The van der Waals surface area contributed by atoms with Crippen molar-refractivity contribution >= 4 is 29.3 Å². The van der Waals surface area contributed by atoms with Crippen LogP contribution >= 0.6 is 0 Å². The van der Waals surface area contributed by atoms with Gasteiger partial charge in [-0.3, -0.25) is 14.8 Å². The van der Waals surface area contributed by atoms with Gasteiger partial charge in [-0.25, -0.2) is 5.48 Å². The Labute approximate surface area is 161 Å². The summed E-state index contributed by atoms with van der Waals surface area (Å²) < 4.78 is 0. The summed E-state index contributed by atoms with van der Waals surface area (Å²) in [5.74, 6) is -0.636. The molecule has 0 atom stereocenters. The highest BCUT2D eigenvalue weighted by molar-refractivity contribution is 5.95. The molecule has 150 valence electrons. The first kappa shape index (κ1) is 22.7. The molecule has 0 saturated heterocycles. The number of likely N-dealkylation sites (N-methyl/N-ethyl adjacent to an activating group) is 1. The number of carbonyl (C=O) groups excluding carboxylic acids is 2. The average Bonchev–Trinajstić information content (AvgIpc) is 2.68. The third-order valence-corrected chi connectivity index (χ3v) is 4.25.